The fraction of sp³-hybridized carbons (Fsp3) is 0.667. The van der Waals surface area contributed by atoms with Gasteiger partial charge in [0.05, 0.1) is 6.20 Å². The number of hydrogen-bond acceptors (Lipinski definition) is 3. The van der Waals surface area contributed by atoms with Crippen molar-refractivity contribution in [2.75, 3.05) is 13.1 Å². The number of H-pyrrole nitrogens is 1. The van der Waals surface area contributed by atoms with E-state index in [2.05, 4.69) is 15.5 Å². The largest absolute Gasteiger partial charge is 0.324 e. The van der Waals surface area contributed by atoms with E-state index in [0.717, 1.165) is 24.3 Å². The van der Waals surface area contributed by atoms with Crippen LogP contribution in [0.2, 0.25) is 0 Å². The van der Waals surface area contributed by atoms with E-state index in [-0.39, 0.29) is 6.04 Å². The molecule has 1 aliphatic rings. The highest BCUT2D eigenvalue weighted by Crippen LogP contribution is 2.25. The van der Waals surface area contributed by atoms with Crippen molar-refractivity contribution >= 4 is 0 Å². The van der Waals surface area contributed by atoms with Gasteiger partial charge >= 0.3 is 0 Å². The van der Waals surface area contributed by atoms with Crippen LogP contribution in [0.15, 0.2) is 6.20 Å². The molecule has 4 nitrogen and oxygen atoms in total. The molecule has 1 aromatic rings. The Labute approximate surface area is 77.9 Å². The summed E-state index contributed by atoms with van der Waals surface area (Å²) < 4.78 is 0. The molecule has 2 heterocycles. The zero-order valence-corrected chi connectivity index (χ0v) is 7.88. The Kier molecular flexibility index (Phi) is 2.33. The molecular formula is C9H16N4. The van der Waals surface area contributed by atoms with E-state index in [1.165, 1.54) is 6.42 Å². The minimum Gasteiger partial charge on any atom is -0.324 e. The third kappa shape index (κ3) is 1.59. The summed E-state index contributed by atoms with van der Waals surface area (Å²) in [7, 11) is 0. The Morgan fingerprint density at radius 3 is 3.08 bits per heavy atom. The maximum atomic E-state index is 6.15. The van der Waals surface area contributed by atoms with E-state index in [1.54, 1.807) is 0 Å². The minimum absolute atomic E-state index is 0.133. The summed E-state index contributed by atoms with van der Waals surface area (Å²) in [4.78, 5) is 0. The lowest BCUT2D eigenvalue weighted by molar-refractivity contribution is 0.468. The van der Waals surface area contributed by atoms with Crippen molar-refractivity contribution in [3.8, 4) is 0 Å². The quantitative estimate of drug-likeness (QED) is 0.614. The third-order valence-corrected chi connectivity index (χ3v) is 2.83. The molecular weight excluding hydrogens is 164 g/mol. The van der Waals surface area contributed by atoms with E-state index in [1.807, 2.05) is 13.1 Å². The van der Waals surface area contributed by atoms with Crippen LogP contribution in [0.4, 0.5) is 0 Å². The van der Waals surface area contributed by atoms with Gasteiger partial charge in [0.25, 0.3) is 0 Å². The summed E-state index contributed by atoms with van der Waals surface area (Å²) in [5.41, 5.74) is 8.40. The van der Waals surface area contributed by atoms with Gasteiger partial charge in [-0.05, 0) is 32.4 Å². The van der Waals surface area contributed by atoms with Crippen molar-refractivity contribution in [1.29, 1.82) is 0 Å². The number of nitrogens with two attached hydrogens (primary N) is 1. The minimum atomic E-state index is 0.133. The molecule has 0 aromatic carbocycles. The molecule has 4 heteroatoms. The van der Waals surface area contributed by atoms with Crippen LogP contribution in [0, 0.1) is 12.8 Å². The number of aryl methyl sites for hydroxylation is 1. The number of nitrogens with zero attached hydrogens (tertiary/aromatic N) is 1. The molecule has 13 heavy (non-hydrogen) atoms. The summed E-state index contributed by atoms with van der Waals surface area (Å²) in [5.74, 6) is 0.566. The first-order valence-corrected chi connectivity index (χ1v) is 4.75. The summed E-state index contributed by atoms with van der Waals surface area (Å²) in [5, 5.41) is 10.2. The van der Waals surface area contributed by atoms with Gasteiger partial charge in [-0.3, -0.25) is 5.10 Å². The van der Waals surface area contributed by atoms with Gasteiger partial charge in [-0.15, -0.1) is 0 Å². The van der Waals surface area contributed by atoms with Crippen molar-refractivity contribution < 1.29 is 0 Å². The van der Waals surface area contributed by atoms with Crippen LogP contribution < -0.4 is 11.1 Å². The van der Waals surface area contributed by atoms with Crippen molar-refractivity contribution in [3.05, 3.63) is 17.5 Å². The van der Waals surface area contributed by atoms with Crippen LogP contribution in [0.1, 0.15) is 23.7 Å². The summed E-state index contributed by atoms with van der Waals surface area (Å²) in [6.07, 6.45) is 3.02. The monoisotopic (exact) mass is 180 g/mol. The summed E-state index contributed by atoms with van der Waals surface area (Å²) in [6, 6.07) is 0.133. The molecule has 2 unspecified atom stereocenters. The van der Waals surface area contributed by atoms with E-state index < -0.39 is 0 Å². The zero-order chi connectivity index (χ0) is 9.26. The molecule has 1 aromatic heterocycles. The predicted molar refractivity (Wildman–Crippen MR) is 51.2 cm³/mol. The first-order valence-electron chi connectivity index (χ1n) is 4.75. The zero-order valence-electron chi connectivity index (χ0n) is 7.88. The molecule has 1 fully saturated rings. The Morgan fingerprint density at radius 1 is 1.69 bits per heavy atom. The average molecular weight is 180 g/mol. The van der Waals surface area contributed by atoms with Gasteiger partial charge < -0.3 is 11.1 Å². The SMILES string of the molecule is Cc1[nH]ncc1C(N)C1CCNC1. The van der Waals surface area contributed by atoms with Crippen LogP contribution in [-0.2, 0) is 0 Å². The molecule has 0 spiro atoms. The van der Waals surface area contributed by atoms with Gasteiger partial charge in [0.1, 0.15) is 0 Å². The molecule has 0 radical (unpaired) electrons. The van der Waals surface area contributed by atoms with E-state index in [4.69, 9.17) is 5.73 Å². The lowest BCUT2D eigenvalue weighted by atomic mass is 9.94. The Morgan fingerprint density at radius 2 is 2.54 bits per heavy atom. The van der Waals surface area contributed by atoms with Crippen molar-refractivity contribution in [2.24, 2.45) is 11.7 Å². The Bertz CT molecular complexity index is 275. The summed E-state index contributed by atoms with van der Waals surface area (Å²) in [6.45, 7) is 4.14. The molecule has 0 saturated carbocycles. The van der Waals surface area contributed by atoms with Gasteiger partial charge in [0, 0.05) is 17.3 Å². The van der Waals surface area contributed by atoms with Crippen LogP contribution in [0.3, 0.4) is 0 Å². The van der Waals surface area contributed by atoms with Gasteiger partial charge in [-0.2, -0.15) is 5.10 Å². The highest BCUT2D eigenvalue weighted by atomic mass is 15.1. The smallest absolute Gasteiger partial charge is 0.0537 e. The molecule has 1 aliphatic heterocycles. The van der Waals surface area contributed by atoms with E-state index >= 15 is 0 Å². The van der Waals surface area contributed by atoms with Crippen molar-refractivity contribution in [3.63, 3.8) is 0 Å². The second kappa shape index (κ2) is 3.47. The Hall–Kier alpha value is -0.870. The molecule has 4 N–H and O–H groups in total. The molecule has 2 atom stereocenters. The molecule has 2 rings (SSSR count). The molecule has 1 saturated heterocycles. The van der Waals surface area contributed by atoms with Gasteiger partial charge in [0.15, 0.2) is 0 Å². The van der Waals surface area contributed by atoms with Crippen molar-refractivity contribution in [1.82, 2.24) is 15.5 Å². The fourth-order valence-corrected chi connectivity index (χ4v) is 1.93. The number of nitrogens with one attached hydrogen (secondary N) is 2. The van der Waals surface area contributed by atoms with Crippen LogP contribution in [-0.4, -0.2) is 23.3 Å². The normalized spacial score (nSPS) is 24.9. The highest BCUT2D eigenvalue weighted by Gasteiger charge is 2.24. The highest BCUT2D eigenvalue weighted by molar-refractivity contribution is 5.20. The van der Waals surface area contributed by atoms with E-state index in [0.29, 0.717) is 5.92 Å². The maximum absolute atomic E-state index is 6.15. The first kappa shape index (κ1) is 8.72. The number of aromatic amines is 1. The third-order valence-electron chi connectivity index (χ3n) is 2.83. The second-order valence-corrected chi connectivity index (χ2v) is 3.73. The molecule has 0 amide bonds. The number of hydrogen-bond donors (Lipinski definition) is 3. The number of rotatable bonds is 2. The van der Waals surface area contributed by atoms with Crippen LogP contribution in [0.5, 0.6) is 0 Å². The molecule has 0 aliphatic carbocycles. The lowest BCUT2D eigenvalue weighted by Gasteiger charge is -2.17. The molecule has 0 bridgehead atoms. The Balaban J connectivity index is 2.12. The maximum Gasteiger partial charge on any atom is 0.0537 e. The fourth-order valence-electron chi connectivity index (χ4n) is 1.93. The average Bonchev–Trinajstić information content (AvgIpc) is 2.72. The van der Waals surface area contributed by atoms with Crippen LogP contribution >= 0.6 is 0 Å². The van der Waals surface area contributed by atoms with Gasteiger partial charge in [-0.25, -0.2) is 0 Å². The first-order chi connectivity index (χ1) is 6.29. The topological polar surface area (TPSA) is 66.7 Å². The van der Waals surface area contributed by atoms with E-state index in [9.17, 15) is 0 Å². The predicted octanol–water partition coefficient (Wildman–Crippen LogP) is 0.327. The van der Waals surface area contributed by atoms with Gasteiger partial charge in [0.2, 0.25) is 0 Å². The van der Waals surface area contributed by atoms with Gasteiger partial charge in [-0.1, -0.05) is 0 Å². The second-order valence-electron chi connectivity index (χ2n) is 3.73. The number of aromatic nitrogens is 2. The summed E-state index contributed by atoms with van der Waals surface area (Å²) >= 11 is 0. The van der Waals surface area contributed by atoms with Crippen molar-refractivity contribution in [2.45, 2.75) is 19.4 Å². The lowest BCUT2D eigenvalue weighted by Crippen LogP contribution is -2.23. The van der Waals surface area contributed by atoms with Crippen LogP contribution in [0.25, 0.3) is 0 Å². The molecule has 72 valence electrons. The standard InChI is InChI=1S/C9H16N4/c1-6-8(5-12-13-6)9(10)7-2-3-11-4-7/h5,7,9,11H,2-4,10H2,1H3,(H,12,13).